The van der Waals surface area contributed by atoms with Crippen molar-refractivity contribution in [3.05, 3.63) is 0 Å². The third-order valence-corrected chi connectivity index (χ3v) is 2.16. The fourth-order valence-corrected chi connectivity index (χ4v) is 1.55. The van der Waals surface area contributed by atoms with Crippen LogP contribution < -0.4 is 0 Å². The third kappa shape index (κ3) is 7.03. The predicted molar refractivity (Wildman–Crippen MR) is 55.8 cm³/mol. The zero-order chi connectivity index (χ0) is 10.3. The topological polar surface area (TPSA) is 29.5 Å². The molecule has 0 amide bonds. The molecule has 0 aromatic rings. The second kappa shape index (κ2) is 7.34. The van der Waals surface area contributed by atoms with E-state index < -0.39 is 0 Å². The Bertz CT molecular complexity index is 113. The van der Waals surface area contributed by atoms with Crippen LogP contribution in [0.15, 0.2) is 0 Å². The van der Waals surface area contributed by atoms with Crippen molar-refractivity contribution in [3.8, 4) is 0 Å². The fourth-order valence-electron chi connectivity index (χ4n) is 1.55. The lowest BCUT2D eigenvalue weighted by molar-refractivity contribution is -0.0290. The number of ether oxygens (including phenoxy) is 1. The Labute approximate surface area is 82.3 Å². The zero-order valence-corrected chi connectivity index (χ0v) is 9.42. The maximum atomic E-state index is 9.16. The molecule has 0 bridgehead atoms. The second-order valence-corrected chi connectivity index (χ2v) is 3.85. The van der Waals surface area contributed by atoms with Crippen LogP contribution in [0.5, 0.6) is 0 Å². The molecule has 0 rings (SSSR count). The molecular weight excluding hydrogens is 164 g/mol. The van der Waals surface area contributed by atoms with Crippen molar-refractivity contribution in [2.24, 2.45) is 0 Å². The SMILES string of the molecule is CCC[C@@H](CC)O[C@H](C)C[C@@H](C)O. The van der Waals surface area contributed by atoms with E-state index in [0.29, 0.717) is 6.10 Å². The van der Waals surface area contributed by atoms with Crippen LogP contribution >= 0.6 is 0 Å². The number of hydrogen-bond donors (Lipinski definition) is 1. The highest BCUT2D eigenvalue weighted by Crippen LogP contribution is 2.12. The Kier molecular flexibility index (Phi) is 7.29. The lowest BCUT2D eigenvalue weighted by Crippen LogP contribution is -2.22. The van der Waals surface area contributed by atoms with Gasteiger partial charge < -0.3 is 9.84 Å². The Morgan fingerprint density at radius 2 is 1.85 bits per heavy atom. The van der Waals surface area contributed by atoms with Crippen LogP contribution in [-0.2, 0) is 4.74 Å². The molecule has 0 radical (unpaired) electrons. The van der Waals surface area contributed by atoms with E-state index in [-0.39, 0.29) is 12.2 Å². The van der Waals surface area contributed by atoms with Crippen LogP contribution in [0.1, 0.15) is 53.4 Å². The number of hydrogen-bond acceptors (Lipinski definition) is 2. The van der Waals surface area contributed by atoms with Gasteiger partial charge in [-0.25, -0.2) is 0 Å². The van der Waals surface area contributed by atoms with Crippen molar-refractivity contribution in [2.75, 3.05) is 0 Å². The average molecular weight is 188 g/mol. The first kappa shape index (κ1) is 12.9. The Morgan fingerprint density at radius 3 is 2.23 bits per heavy atom. The van der Waals surface area contributed by atoms with Crippen LogP contribution in [0.3, 0.4) is 0 Å². The molecule has 0 unspecified atom stereocenters. The highest BCUT2D eigenvalue weighted by molar-refractivity contribution is 4.61. The Hall–Kier alpha value is -0.0800. The highest BCUT2D eigenvalue weighted by atomic mass is 16.5. The van der Waals surface area contributed by atoms with Crippen molar-refractivity contribution >= 4 is 0 Å². The molecule has 2 nitrogen and oxygen atoms in total. The minimum Gasteiger partial charge on any atom is -0.393 e. The van der Waals surface area contributed by atoms with Crippen molar-refractivity contribution in [1.29, 1.82) is 0 Å². The normalized spacial score (nSPS) is 18.2. The van der Waals surface area contributed by atoms with Crippen LogP contribution in [0.2, 0.25) is 0 Å². The summed E-state index contributed by atoms with van der Waals surface area (Å²) in [6.07, 6.45) is 4.39. The molecule has 0 aromatic carbocycles. The van der Waals surface area contributed by atoms with Crippen molar-refractivity contribution in [3.63, 3.8) is 0 Å². The van der Waals surface area contributed by atoms with Gasteiger partial charge in [-0.3, -0.25) is 0 Å². The van der Waals surface area contributed by atoms with Gasteiger partial charge in [-0.1, -0.05) is 20.3 Å². The predicted octanol–water partition coefficient (Wildman–Crippen LogP) is 2.74. The molecule has 0 saturated carbocycles. The van der Waals surface area contributed by atoms with E-state index in [1.165, 1.54) is 6.42 Å². The van der Waals surface area contributed by atoms with E-state index in [0.717, 1.165) is 19.3 Å². The fraction of sp³-hybridized carbons (Fsp3) is 1.00. The molecule has 0 saturated heterocycles. The summed E-state index contributed by atoms with van der Waals surface area (Å²) in [6.45, 7) is 8.16. The van der Waals surface area contributed by atoms with Gasteiger partial charge in [-0.2, -0.15) is 0 Å². The van der Waals surface area contributed by atoms with E-state index in [2.05, 4.69) is 13.8 Å². The standard InChI is InChI=1S/C11H24O2/c1-5-7-11(6-2)13-10(4)8-9(3)12/h9-12H,5-8H2,1-4H3/t9-,10-,11-/m1/s1. The van der Waals surface area contributed by atoms with Gasteiger partial charge >= 0.3 is 0 Å². The molecule has 0 fully saturated rings. The summed E-state index contributed by atoms with van der Waals surface area (Å²) in [5, 5.41) is 9.16. The number of aliphatic hydroxyl groups is 1. The molecule has 0 aliphatic rings. The molecular formula is C11H24O2. The average Bonchev–Trinajstić information content (AvgIpc) is 2.02. The highest BCUT2D eigenvalue weighted by Gasteiger charge is 2.12. The molecule has 2 heteroatoms. The van der Waals surface area contributed by atoms with Crippen LogP contribution in [0.4, 0.5) is 0 Å². The first-order chi connectivity index (χ1) is 6.10. The molecule has 0 spiro atoms. The Balaban J connectivity index is 3.65. The molecule has 0 aromatic heterocycles. The van der Waals surface area contributed by atoms with Gasteiger partial charge in [0.1, 0.15) is 0 Å². The van der Waals surface area contributed by atoms with E-state index >= 15 is 0 Å². The molecule has 0 aliphatic heterocycles. The monoisotopic (exact) mass is 188 g/mol. The van der Waals surface area contributed by atoms with Gasteiger partial charge in [0, 0.05) is 0 Å². The molecule has 1 N–H and O–H groups in total. The summed E-state index contributed by atoms with van der Waals surface area (Å²) in [5.41, 5.74) is 0. The van der Waals surface area contributed by atoms with Gasteiger partial charge in [-0.15, -0.1) is 0 Å². The lowest BCUT2D eigenvalue weighted by atomic mass is 10.1. The van der Waals surface area contributed by atoms with Crippen LogP contribution in [0.25, 0.3) is 0 Å². The lowest BCUT2D eigenvalue weighted by Gasteiger charge is -2.21. The molecule has 0 aliphatic carbocycles. The first-order valence-corrected chi connectivity index (χ1v) is 5.43. The maximum Gasteiger partial charge on any atom is 0.0576 e. The van der Waals surface area contributed by atoms with Crippen LogP contribution in [0, 0.1) is 0 Å². The largest absolute Gasteiger partial charge is 0.393 e. The van der Waals surface area contributed by atoms with Gasteiger partial charge in [-0.05, 0) is 33.1 Å². The Morgan fingerprint density at radius 1 is 1.23 bits per heavy atom. The van der Waals surface area contributed by atoms with Crippen molar-refractivity contribution in [2.45, 2.75) is 71.7 Å². The summed E-state index contributed by atoms with van der Waals surface area (Å²) in [4.78, 5) is 0. The van der Waals surface area contributed by atoms with Gasteiger partial charge in [0.15, 0.2) is 0 Å². The smallest absolute Gasteiger partial charge is 0.0576 e. The molecule has 80 valence electrons. The third-order valence-electron chi connectivity index (χ3n) is 2.16. The van der Waals surface area contributed by atoms with Gasteiger partial charge in [0.25, 0.3) is 0 Å². The minimum absolute atomic E-state index is 0.177. The van der Waals surface area contributed by atoms with E-state index in [1.54, 1.807) is 6.92 Å². The van der Waals surface area contributed by atoms with E-state index in [1.807, 2.05) is 6.92 Å². The quantitative estimate of drug-likeness (QED) is 0.665. The zero-order valence-electron chi connectivity index (χ0n) is 9.42. The summed E-state index contributed by atoms with van der Waals surface area (Å²) in [7, 11) is 0. The first-order valence-electron chi connectivity index (χ1n) is 5.43. The van der Waals surface area contributed by atoms with Gasteiger partial charge in [0.2, 0.25) is 0 Å². The van der Waals surface area contributed by atoms with E-state index in [9.17, 15) is 0 Å². The number of aliphatic hydroxyl groups excluding tert-OH is 1. The molecule has 13 heavy (non-hydrogen) atoms. The summed E-state index contributed by atoms with van der Waals surface area (Å²) in [6, 6.07) is 0. The van der Waals surface area contributed by atoms with Gasteiger partial charge in [0.05, 0.1) is 18.3 Å². The summed E-state index contributed by atoms with van der Waals surface area (Å²) < 4.78 is 5.79. The summed E-state index contributed by atoms with van der Waals surface area (Å²) >= 11 is 0. The van der Waals surface area contributed by atoms with E-state index in [4.69, 9.17) is 9.84 Å². The van der Waals surface area contributed by atoms with Crippen molar-refractivity contribution < 1.29 is 9.84 Å². The second-order valence-electron chi connectivity index (χ2n) is 3.85. The molecule has 0 heterocycles. The molecule has 3 atom stereocenters. The summed E-state index contributed by atoms with van der Waals surface area (Å²) in [5.74, 6) is 0. The van der Waals surface area contributed by atoms with Crippen LogP contribution in [-0.4, -0.2) is 23.4 Å². The maximum absolute atomic E-state index is 9.16. The van der Waals surface area contributed by atoms with Crippen molar-refractivity contribution in [1.82, 2.24) is 0 Å². The minimum atomic E-state index is -0.255. The number of rotatable bonds is 7.